The number of rotatable bonds is 4. The second-order valence-corrected chi connectivity index (χ2v) is 7.51. The van der Waals surface area contributed by atoms with E-state index in [0.29, 0.717) is 5.92 Å². The van der Waals surface area contributed by atoms with Gasteiger partial charge >= 0.3 is 0 Å². The van der Waals surface area contributed by atoms with Gasteiger partial charge in [-0.1, -0.05) is 0 Å². The highest BCUT2D eigenvalue weighted by Gasteiger charge is 2.29. The van der Waals surface area contributed by atoms with Gasteiger partial charge in [0.2, 0.25) is 0 Å². The van der Waals surface area contributed by atoms with Crippen LogP contribution in [0.4, 0.5) is 0 Å². The summed E-state index contributed by atoms with van der Waals surface area (Å²) in [6, 6.07) is 2.12. The first-order chi connectivity index (χ1) is 9.56. The number of thiazole rings is 1. The molecule has 1 atom stereocenters. The van der Waals surface area contributed by atoms with Gasteiger partial charge in [0.05, 0.1) is 21.6 Å². The number of nitrogens with zero attached hydrogens (tertiary/aromatic N) is 1. The monoisotopic (exact) mass is 306 g/mol. The first kappa shape index (κ1) is 13.8. The molecule has 1 aliphatic carbocycles. The van der Waals surface area contributed by atoms with Crippen molar-refractivity contribution in [1.82, 2.24) is 10.3 Å². The maximum atomic E-state index is 12.4. The molecule has 1 aliphatic rings. The van der Waals surface area contributed by atoms with Gasteiger partial charge in [0.15, 0.2) is 0 Å². The number of aryl methyl sites for hydroxylation is 2. The summed E-state index contributed by atoms with van der Waals surface area (Å²) >= 11 is 3.21. The van der Waals surface area contributed by atoms with Gasteiger partial charge in [-0.3, -0.25) is 4.79 Å². The summed E-state index contributed by atoms with van der Waals surface area (Å²) in [5, 5.41) is 6.19. The van der Waals surface area contributed by atoms with Gasteiger partial charge in [-0.2, -0.15) is 0 Å². The van der Waals surface area contributed by atoms with Crippen LogP contribution in [-0.4, -0.2) is 10.9 Å². The Morgan fingerprint density at radius 3 is 2.80 bits per heavy atom. The number of aromatic nitrogens is 1. The second kappa shape index (κ2) is 5.30. The Morgan fingerprint density at radius 2 is 2.20 bits per heavy atom. The maximum absolute atomic E-state index is 12.4. The standard InChI is InChI=1S/C15H18N2OS2/c1-8-13(20-10(3)16-8)9(2)17-15(18)14-12(6-7-19-14)11-4-5-11/h6-7,9,11H,4-5H2,1-3H3,(H,17,18)/t9-/m0/s1. The molecule has 2 aromatic rings. The SMILES string of the molecule is Cc1nc(C)c([C@H](C)NC(=O)c2sccc2C2CC2)s1. The van der Waals surface area contributed by atoms with Gasteiger partial charge in [-0.05, 0) is 56.5 Å². The summed E-state index contributed by atoms with van der Waals surface area (Å²) in [5.74, 6) is 0.671. The van der Waals surface area contributed by atoms with Crippen LogP contribution in [0.2, 0.25) is 0 Å². The quantitative estimate of drug-likeness (QED) is 0.920. The molecule has 0 aromatic carbocycles. The molecule has 1 fully saturated rings. The molecule has 0 radical (unpaired) electrons. The van der Waals surface area contributed by atoms with Crippen molar-refractivity contribution in [3.8, 4) is 0 Å². The summed E-state index contributed by atoms with van der Waals surface area (Å²) < 4.78 is 0. The van der Waals surface area contributed by atoms with Crippen molar-refractivity contribution >= 4 is 28.6 Å². The number of nitrogens with one attached hydrogen (secondary N) is 1. The fourth-order valence-electron chi connectivity index (χ4n) is 2.50. The van der Waals surface area contributed by atoms with E-state index in [9.17, 15) is 4.79 Å². The Morgan fingerprint density at radius 1 is 1.45 bits per heavy atom. The Bertz CT molecular complexity index is 640. The van der Waals surface area contributed by atoms with Gasteiger partial charge in [0.25, 0.3) is 5.91 Å². The summed E-state index contributed by atoms with van der Waals surface area (Å²) in [7, 11) is 0. The first-order valence-corrected chi connectivity index (χ1v) is 8.58. The number of thiophene rings is 1. The molecule has 0 saturated heterocycles. The lowest BCUT2D eigenvalue weighted by Crippen LogP contribution is -2.26. The van der Waals surface area contributed by atoms with E-state index in [1.807, 2.05) is 26.2 Å². The Hall–Kier alpha value is -1.20. The van der Waals surface area contributed by atoms with Crippen LogP contribution in [0.25, 0.3) is 0 Å². The van der Waals surface area contributed by atoms with Crippen molar-refractivity contribution in [3.63, 3.8) is 0 Å². The van der Waals surface area contributed by atoms with E-state index in [2.05, 4.69) is 16.4 Å². The molecular formula is C15H18N2OS2. The van der Waals surface area contributed by atoms with Crippen LogP contribution in [0.15, 0.2) is 11.4 Å². The van der Waals surface area contributed by atoms with Gasteiger partial charge in [-0.25, -0.2) is 4.98 Å². The fraction of sp³-hybridized carbons (Fsp3) is 0.467. The minimum Gasteiger partial charge on any atom is -0.344 e. The van der Waals surface area contributed by atoms with E-state index in [1.54, 1.807) is 22.7 Å². The van der Waals surface area contributed by atoms with Crippen LogP contribution in [-0.2, 0) is 0 Å². The summed E-state index contributed by atoms with van der Waals surface area (Å²) in [6.07, 6.45) is 2.44. The summed E-state index contributed by atoms with van der Waals surface area (Å²) in [5.41, 5.74) is 2.26. The van der Waals surface area contributed by atoms with Gasteiger partial charge in [-0.15, -0.1) is 22.7 Å². The molecule has 3 rings (SSSR count). The molecule has 1 amide bonds. The van der Waals surface area contributed by atoms with E-state index in [0.717, 1.165) is 20.5 Å². The number of carbonyl (C=O) groups is 1. The van der Waals surface area contributed by atoms with Gasteiger partial charge < -0.3 is 5.32 Å². The first-order valence-electron chi connectivity index (χ1n) is 6.88. The van der Waals surface area contributed by atoms with E-state index >= 15 is 0 Å². The second-order valence-electron chi connectivity index (χ2n) is 5.36. The van der Waals surface area contributed by atoms with E-state index in [1.165, 1.54) is 18.4 Å². The van der Waals surface area contributed by atoms with Crippen LogP contribution >= 0.6 is 22.7 Å². The topological polar surface area (TPSA) is 42.0 Å². The smallest absolute Gasteiger partial charge is 0.262 e. The van der Waals surface area contributed by atoms with Crippen LogP contribution in [0.3, 0.4) is 0 Å². The lowest BCUT2D eigenvalue weighted by Gasteiger charge is -2.13. The minimum absolute atomic E-state index is 0.0165. The predicted octanol–water partition coefficient (Wildman–Crippen LogP) is 4.19. The van der Waals surface area contributed by atoms with E-state index in [-0.39, 0.29) is 11.9 Å². The normalized spacial score (nSPS) is 16.1. The zero-order valence-electron chi connectivity index (χ0n) is 11.9. The van der Waals surface area contributed by atoms with Crippen molar-refractivity contribution in [1.29, 1.82) is 0 Å². The molecular weight excluding hydrogens is 288 g/mol. The lowest BCUT2D eigenvalue weighted by molar-refractivity contribution is 0.0943. The van der Waals surface area contributed by atoms with Crippen molar-refractivity contribution in [3.05, 3.63) is 37.5 Å². The number of hydrogen-bond acceptors (Lipinski definition) is 4. The van der Waals surface area contributed by atoms with Gasteiger partial charge in [0.1, 0.15) is 0 Å². The van der Waals surface area contributed by atoms with Crippen molar-refractivity contribution in [2.24, 2.45) is 0 Å². The molecule has 1 saturated carbocycles. The van der Waals surface area contributed by atoms with Crippen LogP contribution in [0.1, 0.15) is 62.5 Å². The summed E-state index contributed by atoms with van der Waals surface area (Å²) in [4.78, 5) is 18.9. The predicted molar refractivity (Wildman–Crippen MR) is 83.8 cm³/mol. The molecule has 0 aliphatic heterocycles. The molecule has 2 aromatic heterocycles. The zero-order valence-corrected chi connectivity index (χ0v) is 13.5. The highest BCUT2D eigenvalue weighted by atomic mass is 32.1. The molecule has 20 heavy (non-hydrogen) atoms. The molecule has 0 unspecified atom stereocenters. The largest absolute Gasteiger partial charge is 0.344 e. The lowest BCUT2D eigenvalue weighted by atomic mass is 10.1. The maximum Gasteiger partial charge on any atom is 0.262 e. The van der Waals surface area contributed by atoms with E-state index in [4.69, 9.17) is 0 Å². The third-order valence-corrected chi connectivity index (χ3v) is 5.78. The molecule has 3 nitrogen and oxygen atoms in total. The molecule has 0 bridgehead atoms. The Kier molecular flexibility index (Phi) is 3.65. The van der Waals surface area contributed by atoms with Crippen molar-refractivity contribution in [2.45, 2.75) is 45.6 Å². The average molecular weight is 306 g/mol. The third-order valence-electron chi connectivity index (χ3n) is 3.60. The van der Waals surface area contributed by atoms with E-state index < -0.39 is 0 Å². The Balaban J connectivity index is 1.75. The Labute approximate surface area is 127 Å². The number of hydrogen-bond donors (Lipinski definition) is 1. The van der Waals surface area contributed by atoms with Crippen molar-refractivity contribution in [2.75, 3.05) is 0 Å². The highest BCUT2D eigenvalue weighted by Crippen LogP contribution is 2.43. The zero-order chi connectivity index (χ0) is 14.3. The highest BCUT2D eigenvalue weighted by molar-refractivity contribution is 7.12. The molecule has 106 valence electrons. The summed E-state index contributed by atoms with van der Waals surface area (Å²) in [6.45, 7) is 6.03. The van der Waals surface area contributed by atoms with Crippen LogP contribution in [0, 0.1) is 13.8 Å². The average Bonchev–Trinajstić information content (AvgIpc) is 3.01. The van der Waals surface area contributed by atoms with Crippen LogP contribution in [0.5, 0.6) is 0 Å². The van der Waals surface area contributed by atoms with Crippen molar-refractivity contribution < 1.29 is 4.79 Å². The molecule has 5 heteroatoms. The number of carbonyl (C=O) groups excluding carboxylic acids is 1. The molecule has 0 spiro atoms. The third kappa shape index (κ3) is 2.65. The van der Waals surface area contributed by atoms with Gasteiger partial charge in [0, 0.05) is 4.88 Å². The molecule has 2 heterocycles. The van der Waals surface area contributed by atoms with Crippen LogP contribution < -0.4 is 5.32 Å². The number of amides is 1. The molecule has 1 N–H and O–H groups in total. The minimum atomic E-state index is 0.0165. The fourth-order valence-corrected chi connectivity index (χ4v) is 4.31.